The molecule has 0 aliphatic rings. The van der Waals surface area contributed by atoms with E-state index in [0.29, 0.717) is 23.0 Å². The fourth-order valence-electron chi connectivity index (χ4n) is 2.68. The molecule has 7 nitrogen and oxygen atoms in total. The molecular weight excluding hydrogens is 350 g/mol. The molecule has 0 aliphatic heterocycles. The van der Waals surface area contributed by atoms with Crippen molar-refractivity contribution in [2.45, 2.75) is 0 Å². The van der Waals surface area contributed by atoms with Gasteiger partial charge in [-0.05, 0) is 42.0 Å². The summed E-state index contributed by atoms with van der Waals surface area (Å²) in [6.45, 7) is 0. The summed E-state index contributed by atoms with van der Waals surface area (Å²) in [5.74, 6) is 1.12. The number of rotatable bonds is 5. The number of aromatic nitrogens is 5. The molecule has 0 unspecified atom stereocenters. The highest BCUT2D eigenvalue weighted by molar-refractivity contribution is 5.80. The molecule has 0 aliphatic carbocycles. The Labute approximate surface area is 163 Å². The minimum absolute atomic E-state index is 0.558. The zero-order valence-corrected chi connectivity index (χ0v) is 15.6. The summed E-state index contributed by atoms with van der Waals surface area (Å²) < 4.78 is 1.67. The highest BCUT2D eigenvalue weighted by atomic mass is 15.5. The molecule has 28 heavy (non-hydrogen) atoms. The molecule has 0 saturated carbocycles. The van der Waals surface area contributed by atoms with Crippen LogP contribution in [0.5, 0.6) is 0 Å². The van der Waals surface area contributed by atoms with Crippen molar-refractivity contribution in [2.75, 3.05) is 19.0 Å². The topological polar surface area (TPSA) is 72.1 Å². The molecule has 0 spiro atoms. The molecule has 0 amide bonds. The van der Waals surface area contributed by atoms with Gasteiger partial charge in [-0.15, -0.1) is 10.2 Å². The lowest BCUT2D eigenvalue weighted by molar-refractivity contribution is 0.887. The number of nitrogens with zero attached hydrogens (tertiary/aromatic N) is 7. The molecular formula is C21H19N7. The van der Waals surface area contributed by atoms with E-state index in [1.165, 1.54) is 0 Å². The Morgan fingerprint density at radius 1 is 0.786 bits per heavy atom. The van der Waals surface area contributed by atoms with E-state index in [1.807, 2.05) is 74.8 Å². The van der Waals surface area contributed by atoms with Gasteiger partial charge in [0.05, 0.1) is 6.21 Å². The zero-order valence-electron chi connectivity index (χ0n) is 15.6. The van der Waals surface area contributed by atoms with Gasteiger partial charge in [0.2, 0.25) is 11.6 Å². The van der Waals surface area contributed by atoms with Crippen molar-refractivity contribution in [3.8, 4) is 23.0 Å². The molecule has 0 radical (unpaired) electrons. The second-order valence-electron chi connectivity index (χ2n) is 6.32. The van der Waals surface area contributed by atoms with Gasteiger partial charge in [0.1, 0.15) is 11.4 Å². The minimum atomic E-state index is 0.558. The highest BCUT2D eigenvalue weighted by Crippen LogP contribution is 2.22. The third kappa shape index (κ3) is 3.64. The van der Waals surface area contributed by atoms with Gasteiger partial charge in [0, 0.05) is 32.2 Å². The van der Waals surface area contributed by atoms with E-state index in [1.54, 1.807) is 23.3 Å². The lowest BCUT2D eigenvalue weighted by atomic mass is 10.2. The van der Waals surface area contributed by atoms with Gasteiger partial charge in [0.15, 0.2) is 0 Å². The van der Waals surface area contributed by atoms with Crippen LogP contribution < -0.4 is 4.90 Å². The summed E-state index contributed by atoms with van der Waals surface area (Å²) in [7, 11) is 4.02. The Balaban J connectivity index is 1.76. The van der Waals surface area contributed by atoms with Crippen LogP contribution in [0.25, 0.3) is 23.0 Å². The average Bonchev–Trinajstić information content (AvgIpc) is 3.17. The van der Waals surface area contributed by atoms with Crippen LogP contribution in [0, 0.1) is 0 Å². The van der Waals surface area contributed by atoms with Crippen LogP contribution in [0.15, 0.2) is 78.2 Å². The number of benzene rings is 1. The van der Waals surface area contributed by atoms with Crippen LogP contribution in [-0.2, 0) is 0 Å². The summed E-state index contributed by atoms with van der Waals surface area (Å²) in [6.07, 6.45) is 5.22. The van der Waals surface area contributed by atoms with Crippen molar-refractivity contribution in [3.05, 3.63) is 78.6 Å². The monoisotopic (exact) mass is 369 g/mol. The fraction of sp³-hybridized carbons (Fsp3) is 0.0952. The van der Waals surface area contributed by atoms with Crippen LogP contribution in [0.3, 0.4) is 0 Å². The maximum atomic E-state index is 4.64. The molecule has 0 atom stereocenters. The standard InChI is InChI=1S/C21H19N7/c1-27(2)17-11-9-16(10-12-17)15-24-28-20(18-7-3-5-13-22-18)25-26-21(28)19-8-4-6-14-23-19/h3-15H,1-2H3/b24-15+. The molecule has 3 aromatic heterocycles. The molecule has 0 fully saturated rings. The molecule has 3 heterocycles. The van der Waals surface area contributed by atoms with Crippen LogP contribution in [0.2, 0.25) is 0 Å². The van der Waals surface area contributed by atoms with E-state index in [-0.39, 0.29) is 0 Å². The Morgan fingerprint density at radius 2 is 1.36 bits per heavy atom. The van der Waals surface area contributed by atoms with E-state index in [9.17, 15) is 0 Å². The number of hydrogen-bond donors (Lipinski definition) is 0. The number of hydrogen-bond acceptors (Lipinski definition) is 6. The third-order valence-corrected chi connectivity index (χ3v) is 4.16. The third-order valence-electron chi connectivity index (χ3n) is 4.16. The van der Waals surface area contributed by atoms with Crippen LogP contribution in [-0.4, -0.2) is 45.2 Å². The molecule has 1 aromatic carbocycles. The molecule has 0 saturated heterocycles. The lowest BCUT2D eigenvalue weighted by Crippen LogP contribution is -2.08. The van der Waals surface area contributed by atoms with Gasteiger partial charge in [-0.25, -0.2) is 0 Å². The summed E-state index contributed by atoms with van der Waals surface area (Å²) in [4.78, 5) is 10.8. The molecule has 138 valence electrons. The lowest BCUT2D eigenvalue weighted by Gasteiger charge is -2.11. The van der Waals surface area contributed by atoms with Gasteiger partial charge in [-0.2, -0.15) is 9.78 Å². The predicted octanol–water partition coefficient (Wildman–Crippen LogP) is 3.35. The summed E-state index contributed by atoms with van der Waals surface area (Å²) in [5, 5.41) is 13.2. The molecule has 0 bridgehead atoms. The fourth-order valence-corrected chi connectivity index (χ4v) is 2.68. The van der Waals surface area contributed by atoms with E-state index >= 15 is 0 Å². The van der Waals surface area contributed by atoms with Gasteiger partial charge in [0.25, 0.3) is 0 Å². The Bertz CT molecular complexity index is 1010. The number of pyridine rings is 2. The molecule has 0 N–H and O–H groups in total. The first-order valence-corrected chi connectivity index (χ1v) is 8.82. The SMILES string of the molecule is CN(C)c1ccc(/C=N/n2c(-c3ccccn3)nnc2-c2ccccn2)cc1. The summed E-state index contributed by atoms with van der Waals surface area (Å²) in [6, 6.07) is 19.4. The average molecular weight is 369 g/mol. The van der Waals surface area contributed by atoms with Gasteiger partial charge >= 0.3 is 0 Å². The van der Waals surface area contributed by atoms with Gasteiger partial charge in [-0.1, -0.05) is 24.3 Å². The Hall–Kier alpha value is -3.87. The number of anilines is 1. The quantitative estimate of drug-likeness (QED) is 0.505. The van der Waals surface area contributed by atoms with Crippen molar-refractivity contribution in [1.82, 2.24) is 24.8 Å². The first-order valence-electron chi connectivity index (χ1n) is 8.82. The van der Waals surface area contributed by atoms with Crippen molar-refractivity contribution in [2.24, 2.45) is 5.10 Å². The van der Waals surface area contributed by atoms with E-state index in [0.717, 1.165) is 11.3 Å². The summed E-state index contributed by atoms with van der Waals surface area (Å²) >= 11 is 0. The second kappa shape index (κ2) is 7.79. The second-order valence-corrected chi connectivity index (χ2v) is 6.32. The normalized spacial score (nSPS) is 11.1. The van der Waals surface area contributed by atoms with Crippen molar-refractivity contribution < 1.29 is 0 Å². The highest BCUT2D eigenvalue weighted by Gasteiger charge is 2.16. The van der Waals surface area contributed by atoms with E-state index in [4.69, 9.17) is 0 Å². The van der Waals surface area contributed by atoms with E-state index in [2.05, 4.69) is 30.2 Å². The van der Waals surface area contributed by atoms with Crippen LogP contribution >= 0.6 is 0 Å². The molecule has 7 heteroatoms. The molecule has 4 rings (SSSR count). The van der Waals surface area contributed by atoms with Crippen LogP contribution in [0.4, 0.5) is 5.69 Å². The van der Waals surface area contributed by atoms with Crippen molar-refractivity contribution in [1.29, 1.82) is 0 Å². The van der Waals surface area contributed by atoms with E-state index < -0.39 is 0 Å². The summed E-state index contributed by atoms with van der Waals surface area (Å²) in [5.41, 5.74) is 3.48. The van der Waals surface area contributed by atoms with Gasteiger partial charge < -0.3 is 4.90 Å². The largest absolute Gasteiger partial charge is 0.378 e. The van der Waals surface area contributed by atoms with Crippen molar-refractivity contribution in [3.63, 3.8) is 0 Å². The smallest absolute Gasteiger partial charge is 0.203 e. The first-order chi connectivity index (χ1) is 13.7. The first kappa shape index (κ1) is 17.5. The van der Waals surface area contributed by atoms with Crippen molar-refractivity contribution >= 4 is 11.9 Å². The Morgan fingerprint density at radius 3 is 1.82 bits per heavy atom. The predicted molar refractivity (Wildman–Crippen MR) is 110 cm³/mol. The maximum absolute atomic E-state index is 4.64. The molecule has 4 aromatic rings. The Kier molecular flexibility index (Phi) is 4.88. The van der Waals surface area contributed by atoms with Gasteiger partial charge in [-0.3, -0.25) is 9.97 Å². The minimum Gasteiger partial charge on any atom is -0.378 e. The van der Waals surface area contributed by atoms with Crippen LogP contribution in [0.1, 0.15) is 5.56 Å². The maximum Gasteiger partial charge on any atom is 0.203 e. The zero-order chi connectivity index (χ0) is 19.3.